The number of benzene rings is 1. The molecule has 1 saturated heterocycles. The number of halogens is 2. The first kappa shape index (κ1) is 28.1. The zero-order chi connectivity index (χ0) is 25.0. The van der Waals surface area contributed by atoms with Crippen LogP contribution in [0.25, 0.3) is 16.8 Å². The van der Waals surface area contributed by atoms with Crippen LogP contribution in [0.2, 0.25) is 5.02 Å². The van der Waals surface area contributed by atoms with Gasteiger partial charge in [-0.05, 0) is 65.3 Å². The van der Waals surface area contributed by atoms with Gasteiger partial charge in [-0.3, -0.25) is 14.2 Å². The number of hydrogen-bond donors (Lipinski definition) is 1. The summed E-state index contributed by atoms with van der Waals surface area (Å²) in [6.07, 6.45) is 8.51. The Labute approximate surface area is 223 Å². The van der Waals surface area contributed by atoms with E-state index in [1.807, 2.05) is 45.3 Å². The molecule has 1 aliphatic heterocycles. The van der Waals surface area contributed by atoms with E-state index in [0.29, 0.717) is 28.6 Å². The van der Waals surface area contributed by atoms with Crippen molar-refractivity contribution in [3.63, 3.8) is 0 Å². The maximum atomic E-state index is 13.5. The van der Waals surface area contributed by atoms with E-state index in [1.165, 1.54) is 36.9 Å². The molecule has 1 aliphatic rings. The van der Waals surface area contributed by atoms with Crippen molar-refractivity contribution in [1.82, 2.24) is 19.2 Å². The van der Waals surface area contributed by atoms with E-state index in [1.54, 1.807) is 22.6 Å². The number of nitrogens with one attached hydrogen (secondary N) is 1. The predicted molar refractivity (Wildman–Crippen MR) is 148 cm³/mol. The molecule has 1 aromatic carbocycles. The second kappa shape index (κ2) is 12.2. The zero-order valence-corrected chi connectivity index (χ0v) is 22.8. The van der Waals surface area contributed by atoms with Gasteiger partial charge in [0, 0.05) is 34.9 Å². The molecule has 7 nitrogen and oxygen atoms in total. The van der Waals surface area contributed by atoms with Crippen LogP contribution in [0, 0.1) is 0 Å². The predicted octanol–water partition coefficient (Wildman–Crippen LogP) is 5.01. The van der Waals surface area contributed by atoms with Crippen LogP contribution in [-0.4, -0.2) is 51.6 Å². The van der Waals surface area contributed by atoms with Crippen molar-refractivity contribution in [3.8, 4) is 17.0 Å². The Morgan fingerprint density at radius 3 is 2.56 bits per heavy atom. The molecule has 1 N–H and O–H groups in total. The lowest BCUT2D eigenvalue weighted by atomic mass is 10.1. The summed E-state index contributed by atoms with van der Waals surface area (Å²) in [7, 11) is 0. The van der Waals surface area contributed by atoms with E-state index < -0.39 is 5.54 Å². The number of hydrogen-bond acceptors (Lipinski definition) is 4. The summed E-state index contributed by atoms with van der Waals surface area (Å²) in [6.45, 7) is 9.61. The minimum Gasteiger partial charge on any atom is -0.492 e. The van der Waals surface area contributed by atoms with Crippen LogP contribution in [0.3, 0.4) is 0 Å². The minimum absolute atomic E-state index is 0. The van der Waals surface area contributed by atoms with Crippen LogP contribution >= 0.6 is 24.0 Å². The number of aromatic nitrogens is 2. The molecular weight excluding hydrogens is 499 g/mol. The van der Waals surface area contributed by atoms with E-state index in [2.05, 4.69) is 10.2 Å². The molecular formula is C27H36Cl2N4O3. The third kappa shape index (κ3) is 7.28. The summed E-state index contributed by atoms with van der Waals surface area (Å²) in [4.78, 5) is 28.8. The van der Waals surface area contributed by atoms with Crippen molar-refractivity contribution in [1.29, 1.82) is 0 Å². The number of carbonyl (C=O) groups is 1. The van der Waals surface area contributed by atoms with Crippen LogP contribution < -0.4 is 15.6 Å². The summed E-state index contributed by atoms with van der Waals surface area (Å²) >= 11 is 6.23. The van der Waals surface area contributed by atoms with Gasteiger partial charge in [0.05, 0.1) is 18.5 Å². The average molecular weight is 536 g/mol. The summed E-state index contributed by atoms with van der Waals surface area (Å²) in [6, 6.07) is 9.04. The van der Waals surface area contributed by atoms with Crippen LogP contribution in [0.15, 0.2) is 47.5 Å². The number of ether oxygens (including phenoxy) is 1. The molecule has 0 bridgehead atoms. The first-order chi connectivity index (χ1) is 16.7. The van der Waals surface area contributed by atoms with E-state index >= 15 is 0 Å². The van der Waals surface area contributed by atoms with Gasteiger partial charge in [-0.25, -0.2) is 0 Å². The highest BCUT2D eigenvalue weighted by Gasteiger charge is 2.19. The molecule has 0 saturated carbocycles. The molecule has 0 aliphatic carbocycles. The van der Waals surface area contributed by atoms with Crippen molar-refractivity contribution in [2.45, 2.75) is 58.5 Å². The van der Waals surface area contributed by atoms with Crippen LogP contribution in [-0.2, 0) is 11.3 Å². The van der Waals surface area contributed by atoms with Gasteiger partial charge in [-0.15, -0.1) is 12.4 Å². The van der Waals surface area contributed by atoms with Gasteiger partial charge >= 0.3 is 0 Å². The van der Waals surface area contributed by atoms with Crippen molar-refractivity contribution in [3.05, 3.63) is 58.1 Å². The molecule has 3 heterocycles. The van der Waals surface area contributed by atoms with Crippen molar-refractivity contribution >= 4 is 35.4 Å². The molecule has 4 rings (SSSR count). The number of fused-ring (bicyclic) bond motifs is 1. The van der Waals surface area contributed by atoms with E-state index in [4.69, 9.17) is 16.3 Å². The quantitative estimate of drug-likeness (QED) is 0.412. The Kier molecular flexibility index (Phi) is 9.50. The number of amides is 1. The number of nitrogens with zero attached hydrogens (tertiary/aromatic N) is 3. The highest BCUT2D eigenvalue weighted by atomic mass is 35.5. The normalized spacial score (nSPS) is 14.4. The molecule has 0 atom stereocenters. The molecule has 3 aromatic rings. The number of likely N-dealkylation sites (tertiary alicyclic amines) is 1. The van der Waals surface area contributed by atoms with Gasteiger partial charge in [-0.1, -0.05) is 30.2 Å². The Morgan fingerprint density at radius 2 is 1.86 bits per heavy atom. The second-order valence-corrected chi connectivity index (χ2v) is 10.7. The van der Waals surface area contributed by atoms with Gasteiger partial charge in [0.25, 0.3) is 5.56 Å². The largest absolute Gasteiger partial charge is 0.492 e. The van der Waals surface area contributed by atoms with E-state index in [9.17, 15) is 9.59 Å². The van der Waals surface area contributed by atoms with Crippen LogP contribution in [0.1, 0.15) is 46.5 Å². The fourth-order valence-corrected chi connectivity index (χ4v) is 4.75. The molecule has 2 aromatic heterocycles. The minimum atomic E-state index is -0.398. The fourth-order valence-electron chi connectivity index (χ4n) is 4.56. The first-order valence-corrected chi connectivity index (χ1v) is 12.7. The van der Waals surface area contributed by atoms with Gasteiger partial charge in [0.2, 0.25) is 5.91 Å². The van der Waals surface area contributed by atoms with E-state index in [-0.39, 0.29) is 30.4 Å². The summed E-state index contributed by atoms with van der Waals surface area (Å²) in [5.41, 5.74) is 1.18. The second-order valence-electron chi connectivity index (χ2n) is 10.3. The zero-order valence-electron chi connectivity index (χ0n) is 21.3. The van der Waals surface area contributed by atoms with E-state index in [0.717, 1.165) is 18.5 Å². The first-order valence-electron chi connectivity index (χ1n) is 12.4. The van der Waals surface area contributed by atoms with Gasteiger partial charge in [0.1, 0.15) is 17.8 Å². The number of carbonyl (C=O) groups excluding carboxylic acids is 1. The summed E-state index contributed by atoms with van der Waals surface area (Å²) < 4.78 is 9.27. The Bertz CT molecular complexity index is 1240. The van der Waals surface area contributed by atoms with Crippen LogP contribution in [0.5, 0.6) is 5.75 Å². The van der Waals surface area contributed by atoms with Gasteiger partial charge in [0.15, 0.2) is 0 Å². The average Bonchev–Trinajstić information content (AvgIpc) is 3.21. The molecule has 9 heteroatoms. The summed E-state index contributed by atoms with van der Waals surface area (Å²) in [5.74, 6) is 0.419. The Morgan fingerprint density at radius 1 is 1.11 bits per heavy atom. The maximum absolute atomic E-state index is 13.5. The lowest BCUT2D eigenvalue weighted by Crippen LogP contribution is -2.43. The lowest BCUT2D eigenvalue weighted by molar-refractivity contribution is -0.123. The topological polar surface area (TPSA) is 68.0 Å². The number of rotatable bonds is 8. The SMILES string of the molecule is CC(C)(C)NC(=O)Cn1c(-c2cccc(Cl)c2)cn2cc(OCCCN3CCCCC3)cc2c1=O.Cl. The maximum Gasteiger partial charge on any atom is 0.275 e. The third-order valence-corrected chi connectivity index (χ3v) is 6.35. The molecule has 0 radical (unpaired) electrons. The number of piperidine rings is 1. The highest BCUT2D eigenvalue weighted by molar-refractivity contribution is 6.30. The molecule has 1 fully saturated rings. The van der Waals surface area contributed by atoms with Crippen molar-refractivity contribution in [2.75, 3.05) is 26.2 Å². The third-order valence-electron chi connectivity index (χ3n) is 6.11. The monoisotopic (exact) mass is 534 g/mol. The molecule has 196 valence electrons. The van der Waals surface area contributed by atoms with Crippen molar-refractivity contribution < 1.29 is 9.53 Å². The molecule has 1 amide bonds. The van der Waals surface area contributed by atoms with Gasteiger partial charge < -0.3 is 19.4 Å². The smallest absolute Gasteiger partial charge is 0.275 e. The molecule has 0 unspecified atom stereocenters. The summed E-state index contributed by atoms with van der Waals surface area (Å²) in [5, 5.41) is 3.50. The highest BCUT2D eigenvalue weighted by Crippen LogP contribution is 2.24. The fraction of sp³-hybridized carbons (Fsp3) is 0.481. The lowest BCUT2D eigenvalue weighted by Gasteiger charge is -2.26. The standard InChI is InChI=1S/C27H35ClN4O3.ClH/c1-27(2,3)29-25(33)19-32-24(20-9-7-10-21(28)15-20)18-31-17-22(16-23(31)26(32)34)35-14-8-13-30-11-5-4-6-12-30;/h7,9-10,15-18H,4-6,8,11-14,19H2,1-3H3,(H,29,33);1H. The van der Waals surface area contributed by atoms with Gasteiger partial charge in [-0.2, -0.15) is 0 Å². The molecule has 0 spiro atoms. The van der Waals surface area contributed by atoms with Crippen LogP contribution in [0.4, 0.5) is 0 Å². The Balaban J connectivity index is 0.00000361. The van der Waals surface area contributed by atoms with Crippen molar-refractivity contribution in [2.24, 2.45) is 0 Å². The Hall–Kier alpha value is -2.48. The molecule has 36 heavy (non-hydrogen) atoms.